The van der Waals surface area contributed by atoms with E-state index in [-0.39, 0.29) is 23.5 Å². The van der Waals surface area contributed by atoms with Crippen molar-refractivity contribution in [3.05, 3.63) is 18.0 Å². The van der Waals surface area contributed by atoms with Crippen molar-refractivity contribution in [2.45, 2.75) is 71.1 Å². The molecule has 1 fully saturated rings. The Balaban J connectivity index is 2.34. The van der Waals surface area contributed by atoms with Crippen LogP contribution in [-0.4, -0.2) is 32.2 Å². The minimum Gasteiger partial charge on any atom is -0.329 e. The number of hydrogen-bond donors (Lipinski definition) is 1. The average Bonchev–Trinajstić information content (AvgIpc) is 2.79. The Morgan fingerprint density at radius 3 is 2.75 bits per heavy atom. The molecule has 1 aromatic heterocycles. The lowest BCUT2D eigenvalue weighted by molar-refractivity contribution is -0.144. The maximum Gasteiger partial charge on any atom is 0.223 e. The van der Waals surface area contributed by atoms with Gasteiger partial charge in [-0.1, -0.05) is 6.92 Å². The summed E-state index contributed by atoms with van der Waals surface area (Å²) in [6.07, 6.45) is 6.22. The van der Waals surface area contributed by atoms with Gasteiger partial charge in [0.1, 0.15) is 0 Å². The number of nitrogens with zero attached hydrogens (tertiary/aromatic N) is 3. The minimum absolute atomic E-state index is 0.0220. The van der Waals surface area contributed by atoms with E-state index in [1.54, 1.807) is 0 Å². The number of aryl methyl sites for hydroxylation is 1. The Bertz CT molecular complexity index is 474. The van der Waals surface area contributed by atoms with Gasteiger partial charge in [-0.2, -0.15) is 5.10 Å². The lowest BCUT2D eigenvalue weighted by Crippen LogP contribution is -2.56. The number of likely N-dealkylation sites (tertiary alicyclic amines) is 1. The van der Waals surface area contributed by atoms with Crippen LogP contribution in [-0.2, 0) is 11.3 Å². The van der Waals surface area contributed by atoms with E-state index < -0.39 is 0 Å². The highest BCUT2D eigenvalue weighted by Crippen LogP contribution is 2.36. The highest BCUT2D eigenvalue weighted by Gasteiger charge is 2.41. The largest absolute Gasteiger partial charge is 0.329 e. The van der Waals surface area contributed by atoms with Crippen molar-refractivity contribution in [1.29, 1.82) is 0 Å². The van der Waals surface area contributed by atoms with Crippen LogP contribution in [0, 0.1) is 0 Å². The zero-order chi connectivity index (χ0) is 14.9. The Hall–Kier alpha value is -1.36. The summed E-state index contributed by atoms with van der Waals surface area (Å²) in [6.45, 7) is 9.20. The van der Waals surface area contributed by atoms with Gasteiger partial charge in [0.05, 0.1) is 12.2 Å². The van der Waals surface area contributed by atoms with Gasteiger partial charge in [-0.05, 0) is 33.6 Å². The van der Waals surface area contributed by atoms with Crippen molar-refractivity contribution in [3.8, 4) is 0 Å². The lowest BCUT2D eigenvalue weighted by atomic mass is 9.88. The first-order valence-electron chi connectivity index (χ1n) is 7.44. The highest BCUT2D eigenvalue weighted by molar-refractivity contribution is 5.78. The first-order valence-corrected chi connectivity index (χ1v) is 7.44. The Kier molecular flexibility index (Phi) is 4.18. The smallest absolute Gasteiger partial charge is 0.223 e. The molecule has 1 saturated heterocycles. The molecule has 20 heavy (non-hydrogen) atoms. The maximum atomic E-state index is 12.3. The first-order chi connectivity index (χ1) is 9.34. The van der Waals surface area contributed by atoms with Crippen LogP contribution in [0.5, 0.6) is 0 Å². The molecular formula is C15H26N4O. The fourth-order valence-electron chi connectivity index (χ4n) is 2.99. The summed E-state index contributed by atoms with van der Waals surface area (Å²) in [4.78, 5) is 14.3. The number of carbonyl (C=O) groups excluding carboxylic acids is 1. The van der Waals surface area contributed by atoms with Gasteiger partial charge in [0, 0.05) is 36.3 Å². The third-order valence-electron chi connectivity index (χ3n) is 3.81. The molecule has 5 nitrogen and oxygen atoms in total. The first kappa shape index (κ1) is 15.0. The van der Waals surface area contributed by atoms with E-state index in [0.29, 0.717) is 6.42 Å². The second-order valence-electron chi connectivity index (χ2n) is 6.62. The van der Waals surface area contributed by atoms with Crippen molar-refractivity contribution >= 4 is 5.91 Å². The average molecular weight is 278 g/mol. The van der Waals surface area contributed by atoms with Crippen molar-refractivity contribution in [1.82, 2.24) is 14.7 Å². The van der Waals surface area contributed by atoms with Crippen LogP contribution in [0.15, 0.2) is 12.4 Å². The number of nitrogens with two attached hydrogens (primary N) is 1. The SMILES string of the molecule is CCCn1cc(C2C(N)CCC(=O)N2C(C)(C)C)cn1. The molecule has 1 amide bonds. The third kappa shape index (κ3) is 2.87. The predicted octanol–water partition coefficient (Wildman–Crippen LogP) is 2.08. The van der Waals surface area contributed by atoms with Crippen LogP contribution in [0.3, 0.4) is 0 Å². The van der Waals surface area contributed by atoms with E-state index in [9.17, 15) is 4.79 Å². The zero-order valence-electron chi connectivity index (χ0n) is 13.0. The lowest BCUT2D eigenvalue weighted by Gasteiger charge is -2.47. The highest BCUT2D eigenvalue weighted by atomic mass is 16.2. The molecule has 0 bridgehead atoms. The molecule has 5 heteroatoms. The second-order valence-corrected chi connectivity index (χ2v) is 6.62. The molecule has 0 saturated carbocycles. The molecule has 2 rings (SSSR count). The van der Waals surface area contributed by atoms with Gasteiger partial charge in [-0.25, -0.2) is 0 Å². The summed E-state index contributed by atoms with van der Waals surface area (Å²) in [5, 5.41) is 4.38. The summed E-state index contributed by atoms with van der Waals surface area (Å²) >= 11 is 0. The number of hydrogen-bond acceptors (Lipinski definition) is 3. The number of piperidine rings is 1. The monoisotopic (exact) mass is 278 g/mol. The quantitative estimate of drug-likeness (QED) is 0.920. The summed E-state index contributed by atoms with van der Waals surface area (Å²) in [5.74, 6) is 0.187. The summed E-state index contributed by atoms with van der Waals surface area (Å²) < 4.78 is 1.93. The van der Waals surface area contributed by atoms with E-state index in [1.165, 1.54) is 0 Å². The molecule has 2 unspecified atom stereocenters. The zero-order valence-corrected chi connectivity index (χ0v) is 13.0. The van der Waals surface area contributed by atoms with Crippen LogP contribution in [0.1, 0.15) is 58.6 Å². The van der Waals surface area contributed by atoms with E-state index >= 15 is 0 Å². The normalized spacial score (nSPS) is 24.2. The van der Waals surface area contributed by atoms with Crippen molar-refractivity contribution < 1.29 is 4.79 Å². The molecule has 2 heterocycles. The molecule has 1 aliphatic rings. The van der Waals surface area contributed by atoms with Gasteiger partial charge in [0.15, 0.2) is 0 Å². The molecule has 2 N–H and O–H groups in total. The second kappa shape index (κ2) is 5.56. The van der Waals surface area contributed by atoms with Crippen molar-refractivity contribution in [2.24, 2.45) is 5.73 Å². The predicted molar refractivity (Wildman–Crippen MR) is 79.1 cm³/mol. The van der Waals surface area contributed by atoms with E-state index in [4.69, 9.17) is 5.73 Å². The van der Waals surface area contributed by atoms with Crippen molar-refractivity contribution in [2.75, 3.05) is 0 Å². The number of amides is 1. The Morgan fingerprint density at radius 1 is 1.45 bits per heavy atom. The minimum atomic E-state index is -0.230. The molecule has 1 aliphatic heterocycles. The van der Waals surface area contributed by atoms with Gasteiger partial charge in [-0.15, -0.1) is 0 Å². The molecule has 0 radical (unpaired) electrons. The number of aromatic nitrogens is 2. The fourth-order valence-corrected chi connectivity index (χ4v) is 2.99. The molecule has 2 atom stereocenters. The molecule has 0 spiro atoms. The van der Waals surface area contributed by atoms with E-state index in [0.717, 1.165) is 24.9 Å². The molecular weight excluding hydrogens is 252 g/mol. The van der Waals surface area contributed by atoms with Gasteiger partial charge in [0.2, 0.25) is 5.91 Å². The third-order valence-corrected chi connectivity index (χ3v) is 3.81. The van der Waals surface area contributed by atoms with Crippen molar-refractivity contribution in [3.63, 3.8) is 0 Å². The standard InChI is InChI=1S/C15H26N4O/c1-5-8-18-10-11(9-17-18)14-12(16)6-7-13(20)19(14)15(2,3)4/h9-10,12,14H,5-8,16H2,1-4H3. The topological polar surface area (TPSA) is 64.2 Å². The Morgan fingerprint density at radius 2 is 2.15 bits per heavy atom. The Labute approximate surface area is 121 Å². The summed E-state index contributed by atoms with van der Waals surface area (Å²) in [5.41, 5.74) is 7.13. The van der Waals surface area contributed by atoms with Crippen LogP contribution < -0.4 is 5.73 Å². The summed E-state index contributed by atoms with van der Waals surface area (Å²) in [7, 11) is 0. The molecule has 0 aromatic carbocycles. The van der Waals surface area contributed by atoms with Crippen LogP contribution in [0.2, 0.25) is 0 Å². The van der Waals surface area contributed by atoms with Gasteiger partial charge in [-0.3, -0.25) is 9.48 Å². The molecule has 1 aromatic rings. The van der Waals surface area contributed by atoms with Crippen LogP contribution in [0.25, 0.3) is 0 Å². The molecule has 112 valence electrons. The van der Waals surface area contributed by atoms with E-state index in [1.807, 2.05) is 22.0 Å². The molecule has 0 aliphatic carbocycles. The maximum absolute atomic E-state index is 12.3. The number of carbonyl (C=O) groups is 1. The van der Waals surface area contributed by atoms with Gasteiger partial charge >= 0.3 is 0 Å². The van der Waals surface area contributed by atoms with Crippen LogP contribution in [0.4, 0.5) is 0 Å². The summed E-state index contributed by atoms with van der Waals surface area (Å²) in [6, 6.07) is -0.0898. The van der Waals surface area contributed by atoms with Gasteiger partial charge in [0.25, 0.3) is 0 Å². The van der Waals surface area contributed by atoms with Crippen LogP contribution >= 0.6 is 0 Å². The van der Waals surface area contributed by atoms with Gasteiger partial charge < -0.3 is 10.6 Å². The fraction of sp³-hybridized carbons (Fsp3) is 0.733. The number of rotatable bonds is 3. The van der Waals surface area contributed by atoms with E-state index in [2.05, 4.69) is 32.8 Å².